The second kappa shape index (κ2) is 5.36. The fourth-order valence-electron chi connectivity index (χ4n) is 1.45. The first-order chi connectivity index (χ1) is 7.24. The molecule has 0 aliphatic carbocycles. The van der Waals surface area contributed by atoms with Crippen molar-refractivity contribution in [1.29, 1.82) is 0 Å². The van der Waals surface area contributed by atoms with Crippen molar-refractivity contribution in [2.24, 2.45) is 5.73 Å². The quantitative estimate of drug-likeness (QED) is 0.751. The van der Waals surface area contributed by atoms with Gasteiger partial charge in [0.1, 0.15) is 11.3 Å². The molecule has 82 valence electrons. The summed E-state index contributed by atoms with van der Waals surface area (Å²) < 4.78 is 9.86. The van der Waals surface area contributed by atoms with Gasteiger partial charge in [0.05, 0.1) is 14.2 Å². The van der Waals surface area contributed by atoms with Crippen LogP contribution in [0.15, 0.2) is 18.2 Å². The molecule has 0 unspecified atom stereocenters. The van der Waals surface area contributed by atoms with Crippen LogP contribution in [-0.2, 0) is 11.2 Å². The van der Waals surface area contributed by atoms with Gasteiger partial charge in [0.15, 0.2) is 0 Å². The van der Waals surface area contributed by atoms with Crippen LogP contribution in [0.3, 0.4) is 0 Å². The smallest absolute Gasteiger partial charge is 0.341 e. The molecule has 0 heterocycles. The van der Waals surface area contributed by atoms with Gasteiger partial charge in [-0.3, -0.25) is 0 Å². The molecule has 0 radical (unpaired) electrons. The van der Waals surface area contributed by atoms with E-state index in [1.165, 1.54) is 14.2 Å². The van der Waals surface area contributed by atoms with Crippen LogP contribution in [0, 0.1) is 0 Å². The highest BCUT2D eigenvalue weighted by Gasteiger charge is 2.15. The van der Waals surface area contributed by atoms with E-state index in [2.05, 4.69) is 4.74 Å². The number of nitrogens with two attached hydrogens (primary N) is 1. The summed E-state index contributed by atoms with van der Waals surface area (Å²) in [5, 5.41) is 0. The maximum Gasteiger partial charge on any atom is 0.341 e. The first-order valence-corrected chi connectivity index (χ1v) is 4.68. The predicted octanol–water partition coefficient (Wildman–Crippen LogP) is 0.983. The monoisotopic (exact) mass is 209 g/mol. The number of hydrogen-bond acceptors (Lipinski definition) is 4. The molecule has 0 saturated carbocycles. The number of carbonyl (C=O) groups is 1. The Morgan fingerprint density at radius 1 is 1.40 bits per heavy atom. The Balaban J connectivity index is 3.15. The molecule has 0 fully saturated rings. The van der Waals surface area contributed by atoms with Gasteiger partial charge < -0.3 is 15.2 Å². The first-order valence-electron chi connectivity index (χ1n) is 4.68. The Hall–Kier alpha value is -1.55. The SMILES string of the molecule is COC(=O)c1cccc(CCN)c1OC. The summed E-state index contributed by atoms with van der Waals surface area (Å²) in [6, 6.07) is 5.35. The average molecular weight is 209 g/mol. The Kier molecular flexibility index (Phi) is 4.12. The minimum absolute atomic E-state index is 0.397. The molecular weight excluding hydrogens is 194 g/mol. The Bertz CT molecular complexity index is 350. The van der Waals surface area contributed by atoms with Crippen molar-refractivity contribution >= 4 is 5.97 Å². The van der Waals surface area contributed by atoms with Crippen LogP contribution < -0.4 is 10.5 Å². The number of methoxy groups -OCH3 is 2. The van der Waals surface area contributed by atoms with E-state index in [-0.39, 0.29) is 0 Å². The maximum atomic E-state index is 11.4. The van der Waals surface area contributed by atoms with Crippen LogP contribution in [0.2, 0.25) is 0 Å². The third kappa shape index (κ3) is 2.47. The van der Waals surface area contributed by atoms with Gasteiger partial charge in [0.25, 0.3) is 0 Å². The van der Waals surface area contributed by atoms with Crippen LogP contribution in [0.5, 0.6) is 5.75 Å². The molecule has 2 N–H and O–H groups in total. The number of esters is 1. The van der Waals surface area contributed by atoms with Gasteiger partial charge in [-0.1, -0.05) is 12.1 Å². The van der Waals surface area contributed by atoms with Crippen molar-refractivity contribution in [2.45, 2.75) is 6.42 Å². The molecule has 0 saturated heterocycles. The molecular formula is C11H15NO3. The zero-order chi connectivity index (χ0) is 11.3. The summed E-state index contributed by atoms with van der Waals surface area (Å²) in [6.07, 6.45) is 0.675. The molecule has 4 heteroatoms. The van der Waals surface area contributed by atoms with Gasteiger partial charge in [0.2, 0.25) is 0 Å². The van der Waals surface area contributed by atoms with Crippen molar-refractivity contribution in [1.82, 2.24) is 0 Å². The summed E-state index contributed by atoms with van der Waals surface area (Å²) in [5.41, 5.74) is 6.83. The van der Waals surface area contributed by atoms with E-state index < -0.39 is 5.97 Å². The lowest BCUT2D eigenvalue weighted by molar-refractivity contribution is 0.0597. The fraction of sp³-hybridized carbons (Fsp3) is 0.364. The molecule has 1 aromatic carbocycles. The molecule has 0 bridgehead atoms. The molecule has 1 rings (SSSR count). The standard InChI is InChI=1S/C11H15NO3/c1-14-10-8(6-7-12)4-3-5-9(10)11(13)15-2/h3-5H,6-7,12H2,1-2H3. The van der Waals surface area contributed by atoms with E-state index in [1.54, 1.807) is 12.1 Å². The molecule has 0 atom stereocenters. The lowest BCUT2D eigenvalue weighted by Gasteiger charge is -2.11. The minimum atomic E-state index is -0.397. The summed E-state index contributed by atoms with van der Waals surface area (Å²) in [6.45, 7) is 0.515. The second-order valence-corrected chi connectivity index (χ2v) is 3.03. The number of rotatable bonds is 4. The zero-order valence-corrected chi connectivity index (χ0v) is 8.95. The molecule has 1 aromatic rings. The van der Waals surface area contributed by atoms with Crippen molar-refractivity contribution in [3.63, 3.8) is 0 Å². The van der Waals surface area contributed by atoms with Crippen molar-refractivity contribution < 1.29 is 14.3 Å². The van der Waals surface area contributed by atoms with Gasteiger partial charge in [0, 0.05) is 0 Å². The largest absolute Gasteiger partial charge is 0.496 e. The molecule has 0 aliphatic heterocycles. The number of ether oxygens (including phenoxy) is 2. The highest BCUT2D eigenvalue weighted by atomic mass is 16.5. The highest BCUT2D eigenvalue weighted by Crippen LogP contribution is 2.24. The minimum Gasteiger partial charge on any atom is -0.496 e. The molecule has 0 spiro atoms. The molecule has 15 heavy (non-hydrogen) atoms. The van der Waals surface area contributed by atoms with Crippen molar-refractivity contribution in [2.75, 3.05) is 20.8 Å². The van der Waals surface area contributed by atoms with Gasteiger partial charge in [-0.15, -0.1) is 0 Å². The van der Waals surface area contributed by atoms with Crippen LogP contribution >= 0.6 is 0 Å². The number of hydrogen-bond donors (Lipinski definition) is 1. The number of carbonyl (C=O) groups excluding carboxylic acids is 1. The Morgan fingerprint density at radius 3 is 2.67 bits per heavy atom. The number of para-hydroxylation sites is 1. The Labute approximate surface area is 89.0 Å². The topological polar surface area (TPSA) is 61.5 Å². The van der Waals surface area contributed by atoms with Crippen molar-refractivity contribution in [3.05, 3.63) is 29.3 Å². The third-order valence-electron chi connectivity index (χ3n) is 2.12. The summed E-state index contributed by atoms with van der Waals surface area (Å²) in [5.74, 6) is 0.153. The van der Waals surface area contributed by atoms with Crippen LogP contribution in [0.1, 0.15) is 15.9 Å². The highest BCUT2D eigenvalue weighted by molar-refractivity contribution is 5.92. The predicted molar refractivity (Wildman–Crippen MR) is 57.1 cm³/mol. The van der Waals surface area contributed by atoms with Crippen LogP contribution in [0.4, 0.5) is 0 Å². The maximum absolute atomic E-state index is 11.4. The second-order valence-electron chi connectivity index (χ2n) is 3.03. The van der Waals surface area contributed by atoms with Gasteiger partial charge >= 0.3 is 5.97 Å². The van der Waals surface area contributed by atoms with E-state index in [0.29, 0.717) is 24.3 Å². The third-order valence-corrected chi connectivity index (χ3v) is 2.12. The van der Waals surface area contributed by atoms with Gasteiger partial charge in [-0.2, -0.15) is 0 Å². The lowest BCUT2D eigenvalue weighted by Crippen LogP contribution is -2.09. The van der Waals surface area contributed by atoms with Gasteiger partial charge in [-0.25, -0.2) is 4.79 Å². The first kappa shape index (κ1) is 11.5. The van der Waals surface area contributed by atoms with Crippen LogP contribution in [0.25, 0.3) is 0 Å². The van der Waals surface area contributed by atoms with E-state index in [1.807, 2.05) is 6.07 Å². The summed E-state index contributed by atoms with van der Waals surface area (Å²) in [7, 11) is 2.87. The summed E-state index contributed by atoms with van der Waals surface area (Å²) in [4.78, 5) is 11.4. The van der Waals surface area contributed by atoms with E-state index >= 15 is 0 Å². The molecule has 0 aromatic heterocycles. The van der Waals surface area contributed by atoms with Crippen LogP contribution in [-0.4, -0.2) is 26.7 Å². The van der Waals surface area contributed by atoms with E-state index in [4.69, 9.17) is 10.5 Å². The summed E-state index contributed by atoms with van der Waals surface area (Å²) >= 11 is 0. The number of benzene rings is 1. The normalized spacial score (nSPS) is 9.80. The van der Waals surface area contributed by atoms with Gasteiger partial charge in [-0.05, 0) is 24.6 Å². The zero-order valence-electron chi connectivity index (χ0n) is 8.95. The van der Waals surface area contributed by atoms with E-state index in [0.717, 1.165) is 5.56 Å². The molecule has 0 aliphatic rings. The fourth-order valence-corrected chi connectivity index (χ4v) is 1.45. The average Bonchev–Trinajstić information content (AvgIpc) is 2.28. The lowest BCUT2D eigenvalue weighted by atomic mass is 10.1. The molecule has 4 nitrogen and oxygen atoms in total. The Morgan fingerprint density at radius 2 is 2.13 bits per heavy atom. The molecule has 0 amide bonds. The van der Waals surface area contributed by atoms with Crippen molar-refractivity contribution in [3.8, 4) is 5.75 Å². The van der Waals surface area contributed by atoms with E-state index in [9.17, 15) is 4.79 Å².